The monoisotopic (exact) mass is 348 g/mol. The lowest BCUT2D eigenvalue weighted by atomic mass is 9.50. The predicted molar refractivity (Wildman–Crippen MR) is 95.1 cm³/mol. The summed E-state index contributed by atoms with van der Waals surface area (Å²) in [5.74, 6) is -1.92. The molecule has 5 heteroatoms. The average Bonchev–Trinajstić information content (AvgIpc) is 2.56. The van der Waals surface area contributed by atoms with E-state index in [0.29, 0.717) is 13.0 Å². The molecule has 5 nitrogen and oxygen atoms in total. The lowest BCUT2D eigenvalue weighted by Gasteiger charge is -2.54. The standard InChI is InChI=1S/C20H28O5/c1-5-7-9-10-14(21)16-13-12-15(25-11-8-6-2)19(3,17(16)22)18(23)20(13,4)24/h5,7,9-10,13,15,21,24H,6,8,11-12H2,1-4H3. The van der Waals surface area contributed by atoms with Gasteiger partial charge in [-0.25, -0.2) is 0 Å². The van der Waals surface area contributed by atoms with Crippen LogP contribution in [0.4, 0.5) is 0 Å². The molecule has 3 rings (SSSR count). The molecule has 0 aromatic heterocycles. The first-order valence-electron chi connectivity index (χ1n) is 8.89. The summed E-state index contributed by atoms with van der Waals surface area (Å²) in [4.78, 5) is 25.9. The highest BCUT2D eigenvalue weighted by Gasteiger charge is 2.68. The van der Waals surface area contributed by atoms with E-state index in [1.807, 2.05) is 13.8 Å². The molecule has 25 heavy (non-hydrogen) atoms. The molecule has 0 aromatic carbocycles. The molecule has 3 saturated carbocycles. The lowest BCUT2D eigenvalue weighted by Crippen LogP contribution is -2.69. The normalized spacial score (nSPS) is 37.5. The van der Waals surface area contributed by atoms with Crippen molar-refractivity contribution in [3.63, 3.8) is 0 Å². The number of carbonyl (C=O) groups is 2. The van der Waals surface area contributed by atoms with Gasteiger partial charge < -0.3 is 14.9 Å². The van der Waals surface area contributed by atoms with Crippen molar-refractivity contribution in [3.05, 3.63) is 35.6 Å². The summed E-state index contributed by atoms with van der Waals surface area (Å²) in [6.07, 6.45) is 8.12. The Morgan fingerprint density at radius 3 is 2.60 bits per heavy atom. The summed E-state index contributed by atoms with van der Waals surface area (Å²) in [6, 6.07) is 0. The van der Waals surface area contributed by atoms with Crippen molar-refractivity contribution in [1.82, 2.24) is 0 Å². The first kappa shape index (κ1) is 19.6. The number of ketones is 2. The van der Waals surface area contributed by atoms with Gasteiger partial charge in [-0.3, -0.25) is 9.59 Å². The molecule has 138 valence electrons. The molecule has 3 aliphatic carbocycles. The number of hydrogen-bond acceptors (Lipinski definition) is 5. The van der Waals surface area contributed by atoms with Gasteiger partial charge in [0.15, 0.2) is 11.6 Å². The van der Waals surface area contributed by atoms with Crippen LogP contribution in [0.2, 0.25) is 0 Å². The van der Waals surface area contributed by atoms with E-state index in [1.54, 1.807) is 18.2 Å². The van der Waals surface area contributed by atoms with Crippen LogP contribution in [0.5, 0.6) is 0 Å². The minimum atomic E-state index is -1.69. The molecule has 0 heterocycles. The van der Waals surface area contributed by atoms with Gasteiger partial charge in [-0.05, 0) is 39.7 Å². The van der Waals surface area contributed by atoms with Gasteiger partial charge in [-0.15, -0.1) is 0 Å². The molecule has 4 unspecified atom stereocenters. The van der Waals surface area contributed by atoms with Crippen LogP contribution in [-0.4, -0.2) is 40.1 Å². The highest BCUT2D eigenvalue weighted by Crippen LogP contribution is 2.54. The van der Waals surface area contributed by atoms with E-state index in [0.717, 1.165) is 12.8 Å². The zero-order chi connectivity index (χ0) is 18.8. The maximum atomic E-state index is 13.0. The van der Waals surface area contributed by atoms with Gasteiger partial charge in [0.2, 0.25) is 0 Å². The Morgan fingerprint density at radius 2 is 2.00 bits per heavy atom. The molecular weight excluding hydrogens is 320 g/mol. The maximum absolute atomic E-state index is 13.0. The van der Waals surface area contributed by atoms with E-state index in [1.165, 1.54) is 19.9 Å². The van der Waals surface area contributed by atoms with Crippen LogP contribution in [0.15, 0.2) is 35.6 Å². The smallest absolute Gasteiger partial charge is 0.180 e. The SMILES string of the molecule is CC=CC=CC(O)=C1C(=O)C2(C)C(=O)C(C)(O)C1CC2OCCCC. The Labute approximate surface area is 149 Å². The minimum Gasteiger partial charge on any atom is -0.508 e. The quantitative estimate of drug-likeness (QED) is 0.253. The summed E-state index contributed by atoms with van der Waals surface area (Å²) in [7, 11) is 0. The van der Waals surface area contributed by atoms with Crippen molar-refractivity contribution < 1.29 is 24.5 Å². The highest BCUT2D eigenvalue weighted by molar-refractivity contribution is 6.21. The van der Waals surface area contributed by atoms with Gasteiger partial charge in [0, 0.05) is 18.1 Å². The van der Waals surface area contributed by atoms with Gasteiger partial charge in [-0.2, -0.15) is 0 Å². The Kier molecular flexibility index (Phi) is 5.69. The van der Waals surface area contributed by atoms with Crippen LogP contribution in [0.1, 0.15) is 47.0 Å². The number of carbonyl (C=O) groups excluding carboxylic acids is 2. The number of unbranched alkanes of at least 4 members (excludes halogenated alkanes) is 1. The minimum absolute atomic E-state index is 0.128. The van der Waals surface area contributed by atoms with Gasteiger partial charge in [-0.1, -0.05) is 31.6 Å². The zero-order valence-corrected chi connectivity index (χ0v) is 15.4. The van der Waals surface area contributed by atoms with Gasteiger partial charge in [0.1, 0.15) is 16.8 Å². The van der Waals surface area contributed by atoms with E-state index in [2.05, 4.69) is 0 Å². The molecule has 0 spiro atoms. The molecule has 4 atom stereocenters. The number of allylic oxidation sites excluding steroid dienone is 4. The fraction of sp³-hybridized carbons (Fsp3) is 0.600. The molecule has 3 fully saturated rings. The van der Waals surface area contributed by atoms with E-state index in [-0.39, 0.29) is 11.3 Å². The van der Waals surface area contributed by atoms with Crippen LogP contribution in [-0.2, 0) is 14.3 Å². The highest BCUT2D eigenvalue weighted by atomic mass is 16.5. The fourth-order valence-electron chi connectivity index (χ4n) is 3.84. The number of Topliss-reactive ketones (excluding diaryl/α,β-unsaturated/α-hetero) is 2. The summed E-state index contributed by atoms with van der Waals surface area (Å²) in [5, 5.41) is 21.2. The van der Waals surface area contributed by atoms with Crippen molar-refractivity contribution in [1.29, 1.82) is 0 Å². The van der Waals surface area contributed by atoms with E-state index >= 15 is 0 Å². The van der Waals surface area contributed by atoms with Crippen LogP contribution in [0, 0.1) is 11.3 Å². The van der Waals surface area contributed by atoms with Crippen LogP contribution < -0.4 is 0 Å². The molecule has 0 saturated heterocycles. The largest absolute Gasteiger partial charge is 0.508 e. The fourth-order valence-corrected chi connectivity index (χ4v) is 3.84. The second kappa shape index (κ2) is 7.26. The van der Waals surface area contributed by atoms with Crippen molar-refractivity contribution in [2.75, 3.05) is 6.61 Å². The number of fused-ring (bicyclic) bond motifs is 3. The Balaban J connectivity index is 2.46. The second-order valence-electron chi connectivity index (χ2n) is 7.19. The second-order valence-corrected chi connectivity index (χ2v) is 7.19. The van der Waals surface area contributed by atoms with Crippen LogP contribution in [0.25, 0.3) is 0 Å². The topological polar surface area (TPSA) is 83.8 Å². The molecule has 0 amide bonds. The molecule has 0 aromatic rings. The van der Waals surface area contributed by atoms with Gasteiger partial charge in [0.25, 0.3) is 0 Å². The summed E-state index contributed by atoms with van der Waals surface area (Å²) in [6.45, 7) is 7.30. The lowest BCUT2D eigenvalue weighted by molar-refractivity contribution is -0.186. The Morgan fingerprint density at radius 1 is 1.32 bits per heavy atom. The van der Waals surface area contributed by atoms with E-state index in [4.69, 9.17) is 4.74 Å². The van der Waals surface area contributed by atoms with E-state index < -0.39 is 34.6 Å². The average molecular weight is 348 g/mol. The molecule has 2 N–H and O–H groups in total. The number of aliphatic hydroxyl groups excluding tert-OH is 1. The molecule has 3 aliphatic rings. The maximum Gasteiger partial charge on any atom is 0.180 e. The van der Waals surface area contributed by atoms with Crippen molar-refractivity contribution in [3.8, 4) is 0 Å². The summed E-state index contributed by atoms with van der Waals surface area (Å²) >= 11 is 0. The van der Waals surface area contributed by atoms with Crippen molar-refractivity contribution in [2.24, 2.45) is 11.3 Å². The van der Waals surface area contributed by atoms with Crippen molar-refractivity contribution >= 4 is 11.6 Å². The molecule has 0 radical (unpaired) electrons. The third-order valence-electron chi connectivity index (χ3n) is 5.42. The van der Waals surface area contributed by atoms with Gasteiger partial charge in [0.05, 0.1) is 6.10 Å². The first-order valence-corrected chi connectivity index (χ1v) is 8.89. The third-order valence-corrected chi connectivity index (χ3v) is 5.42. The number of aliphatic hydroxyl groups is 2. The predicted octanol–water partition coefficient (Wildman–Crippen LogP) is 3.05. The number of rotatable bonds is 6. The number of ether oxygens (including phenoxy) is 1. The zero-order valence-electron chi connectivity index (χ0n) is 15.4. The van der Waals surface area contributed by atoms with Crippen molar-refractivity contribution in [2.45, 2.75) is 58.7 Å². The van der Waals surface area contributed by atoms with Crippen LogP contribution in [0.3, 0.4) is 0 Å². The molecule has 2 bridgehead atoms. The number of hydrogen-bond donors (Lipinski definition) is 2. The van der Waals surface area contributed by atoms with Crippen LogP contribution >= 0.6 is 0 Å². The molecular formula is C20H28O5. The summed E-state index contributed by atoms with van der Waals surface area (Å²) < 4.78 is 5.83. The molecule has 0 aliphatic heterocycles. The van der Waals surface area contributed by atoms with E-state index in [9.17, 15) is 19.8 Å². The Hall–Kier alpha value is -1.72. The Bertz CT molecular complexity index is 640. The summed E-state index contributed by atoms with van der Waals surface area (Å²) in [5.41, 5.74) is -3.03. The third kappa shape index (κ3) is 3.11. The first-order chi connectivity index (χ1) is 11.7. The van der Waals surface area contributed by atoms with Gasteiger partial charge >= 0.3 is 0 Å².